The average molecular weight is 242 g/mol. The highest BCUT2D eigenvalue weighted by Gasteiger charge is 2.08. The van der Waals surface area contributed by atoms with E-state index >= 15 is 0 Å². The topological polar surface area (TPSA) is 59.5 Å². The molecule has 0 radical (unpaired) electrons. The molecule has 2 rings (SSSR count). The van der Waals surface area contributed by atoms with Gasteiger partial charge in [0.25, 0.3) is 5.56 Å². The molecular weight excluding hydrogens is 230 g/mol. The Balaban J connectivity index is 2.48. The molecule has 0 aliphatic carbocycles. The lowest BCUT2D eigenvalue weighted by Gasteiger charge is -2.09. The standard InChI is InChI=1S/C10H12ClN3O2/c1-7-4-9-10(16)13(6-8(15)5-11)2-3-14(9)12-7/h2-4,8,15H,5-6H2,1H3. The molecule has 0 amide bonds. The van der Waals surface area contributed by atoms with E-state index in [1.54, 1.807) is 18.5 Å². The van der Waals surface area contributed by atoms with Crippen molar-refractivity contribution >= 4 is 17.1 Å². The third kappa shape index (κ3) is 1.96. The van der Waals surface area contributed by atoms with Crippen molar-refractivity contribution in [1.29, 1.82) is 0 Å². The first-order valence-corrected chi connectivity index (χ1v) is 5.44. The zero-order chi connectivity index (χ0) is 11.7. The summed E-state index contributed by atoms with van der Waals surface area (Å²) in [6.45, 7) is 2.02. The zero-order valence-corrected chi connectivity index (χ0v) is 9.55. The van der Waals surface area contributed by atoms with Crippen molar-refractivity contribution in [3.8, 4) is 0 Å². The molecule has 1 N–H and O–H groups in total. The zero-order valence-electron chi connectivity index (χ0n) is 8.80. The van der Waals surface area contributed by atoms with Crippen LogP contribution in [0.1, 0.15) is 5.69 Å². The van der Waals surface area contributed by atoms with Crippen LogP contribution in [-0.4, -0.2) is 31.3 Å². The average Bonchev–Trinajstić information content (AvgIpc) is 2.64. The lowest BCUT2D eigenvalue weighted by molar-refractivity contribution is 0.175. The summed E-state index contributed by atoms with van der Waals surface area (Å²) in [6, 6.07) is 1.71. The number of aromatic nitrogens is 3. The number of alkyl halides is 1. The van der Waals surface area contributed by atoms with Crippen molar-refractivity contribution in [3.63, 3.8) is 0 Å². The highest BCUT2D eigenvalue weighted by molar-refractivity contribution is 6.18. The van der Waals surface area contributed by atoms with Gasteiger partial charge < -0.3 is 9.67 Å². The van der Waals surface area contributed by atoms with Gasteiger partial charge in [-0.3, -0.25) is 4.79 Å². The van der Waals surface area contributed by atoms with Crippen molar-refractivity contribution in [2.75, 3.05) is 5.88 Å². The number of hydrogen-bond acceptors (Lipinski definition) is 3. The Morgan fingerprint density at radius 2 is 2.31 bits per heavy atom. The number of rotatable bonds is 3. The first kappa shape index (κ1) is 11.2. The Bertz CT molecular complexity index is 561. The third-order valence-corrected chi connectivity index (χ3v) is 2.67. The minimum absolute atomic E-state index is 0.107. The van der Waals surface area contributed by atoms with Gasteiger partial charge in [-0.05, 0) is 13.0 Å². The second-order valence-electron chi connectivity index (χ2n) is 3.68. The first-order chi connectivity index (χ1) is 7.61. The molecule has 16 heavy (non-hydrogen) atoms. The van der Waals surface area contributed by atoms with E-state index in [4.69, 9.17) is 11.6 Å². The SMILES string of the molecule is Cc1cc2c(=O)n(CC(O)CCl)ccn2n1. The summed E-state index contributed by atoms with van der Waals surface area (Å²) in [5.41, 5.74) is 1.11. The second kappa shape index (κ2) is 4.27. The summed E-state index contributed by atoms with van der Waals surface area (Å²) in [7, 11) is 0. The molecular formula is C10H12ClN3O2. The van der Waals surface area contributed by atoms with Gasteiger partial charge in [0.2, 0.25) is 0 Å². The first-order valence-electron chi connectivity index (χ1n) is 4.91. The van der Waals surface area contributed by atoms with Gasteiger partial charge in [0.15, 0.2) is 0 Å². The molecule has 0 saturated carbocycles. The lowest BCUT2D eigenvalue weighted by Crippen LogP contribution is -2.28. The van der Waals surface area contributed by atoms with E-state index in [0.717, 1.165) is 5.69 Å². The molecule has 6 heteroatoms. The van der Waals surface area contributed by atoms with Crippen molar-refractivity contribution in [1.82, 2.24) is 14.2 Å². The molecule has 0 bridgehead atoms. The van der Waals surface area contributed by atoms with Gasteiger partial charge in [0.1, 0.15) is 5.52 Å². The molecule has 0 aliphatic heterocycles. The number of nitrogens with zero attached hydrogens (tertiary/aromatic N) is 3. The van der Waals surface area contributed by atoms with Gasteiger partial charge >= 0.3 is 0 Å². The smallest absolute Gasteiger partial charge is 0.276 e. The fourth-order valence-corrected chi connectivity index (χ4v) is 1.67. The molecule has 0 fully saturated rings. The third-order valence-electron chi connectivity index (χ3n) is 2.31. The fourth-order valence-electron chi connectivity index (χ4n) is 1.57. The number of hydrogen-bond donors (Lipinski definition) is 1. The Morgan fingerprint density at radius 3 is 3.00 bits per heavy atom. The van der Waals surface area contributed by atoms with Crippen LogP contribution in [0.4, 0.5) is 0 Å². The quantitative estimate of drug-likeness (QED) is 0.792. The van der Waals surface area contributed by atoms with Crippen LogP contribution >= 0.6 is 11.6 Å². The molecule has 86 valence electrons. The molecule has 2 aromatic heterocycles. The minimum Gasteiger partial charge on any atom is -0.390 e. The van der Waals surface area contributed by atoms with Crippen LogP contribution in [0.25, 0.3) is 5.52 Å². The Morgan fingerprint density at radius 1 is 1.56 bits per heavy atom. The largest absolute Gasteiger partial charge is 0.390 e. The van der Waals surface area contributed by atoms with Crippen LogP contribution in [0.3, 0.4) is 0 Å². The van der Waals surface area contributed by atoms with Crippen LogP contribution in [0.2, 0.25) is 0 Å². The van der Waals surface area contributed by atoms with E-state index in [0.29, 0.717) is 5.52 Å². The normalized spacial score (nSPS) is 13.2. The molecule has 0 aromatic carbocycles. The fraction of sp³-hybridized carbons (Fsp3) is 0.400. The summed E-state index contributed by atoms with van der Waals surface area (Å²) in [4.78, 5) is 11.9. The minimum atomic E-state index is -0.717. The highest BCUT2D eigenvalue weighted by atomic mass is 35.5. The van der Waals surface area contributed by atoms with Crippen LogP contribution in [0.5, 0.6) is 0 Å². The predicted molar refractivity (Wildman–Crippen MR) is 60.9 cm³/mol. The summed E-state index contributed by atoms with van der Waals surface area (Å²) < 4.78 is 2.96. The van der Waals surface area contributed by atoms with E-state index in [1.807, 2.05) is 6.92 Å². The number of halogens is 1. The lowest BCUT2D eigenvalue weighted by atomic mass is 10.4. The van der Waals surface area contributed by atoms with E-state index in [-0.39, 0.29) is 18.0 Å². The highest BCUT2D eigenvalue weighted by Crippen LogP contribution is 2.00. The van der Waals surface area contributed by atoms with Gasteiger partial charge in [-0.25, -0.2) is 4.52 Å². The number of fused-ring (bicyclic) bond motifs is 1. The van der Waals surface area contributed by atoms with Crippen molar-refractivity contribution < 1.29 is 5.11 Å². The van der Waals surface area contributed by atoms with Gasteiger partial charge in [-0.1, -0.05) is 0 Å². The maximum atomic E-state index is 11.9. The van der Waals surface area contributed by atoms with E-state index in [2.05, 4.69) is 5.10 Å². The van der Waals surface area contributed by atoms with Crippen LogP contribution in [0.15, 0.2) is 23.3 Å². The molecule has 0 spiro atoms. The van der Waals surface area contributed by atoms with Gasteiger partial charge in [0.05, 0.1) is 24.2 Å². The van der Waals surface area contributed by atoms with E-state index < -0.39 is 6.10 Å². The monoisotopic (exact) mass is 241 g/mol. The van der Waals surface area contributed by atoms with E-state index in [9.17, 15) is 9.90 Å². The maximum absolute atomic E-state index is 11.9. The number of aryl methyl sites for hydroxylation is 1. The predicted octanol–water partition coefficient (Wildman–Crippen LogP) is 0.404. The van der Waals surface area contributed by atoms with Crippen LogP contribution < -0.4 is 5.56 Å². The van der Waals surface area contributed by atoms with Crippen molar-refractivity contribution in [3.05, 3.63) is 34.5 Å². The Hall–Kier alpha value is -1.33. The summed E-state index contributed by atoms with van der Waals surface area (Å²) >= 11 is 5.49. The Labute approximate surface area is 96.9 Å². The van der Waals surface area contributed by atoms with Gasteiger partial charge in [-0.15, -0.1) is 11.6 Å². The summed E-state index contributed by atoms with van der Waals surface area (Å²) in [6.07, 6.45) is 2.56. The summed E-state index contributed by atoms with van der Waals surface area (Å²) in [5.74, 6) is 0.107. The van der Waals surface area contributed by atoms with Crippen LogP contribution in [-0.2, 0) is 6.54 Å². The number of aliphatic hydroxyl groups is 1. The second-order valence-corrected chi connectivity index (χ2v) is 3.99. The molecule has 0 saturated heterocycles. The van der Waals surface area contributed by atoms with Crippen LogP contribution in [0, 0.1) is 6.92 Å². The molecule has 1 atom stereocenters. The Kier molecular flexibility index (Phi) is 2.98. The molecule has 2 heterocycles. The van der Waals surface area contributed by atoms with Gasteiger partial charge in [-0.2, -0.15) is 5.10 Å². The van der Waals surface area contributed by atoms with Crippen molar-refractivity contribution in [2.24, 2.45) is 0 Å². The summed E-state index contributed by atoms with van der Waals surface area (Å²) in [5, 5.41) is 13.5. The maximum Gasteiger partial charge on any atom is 0.276 e. The molecule has 0 aliphatic rings. The molecule has 5 nitrogen and oxygen atoms in total. The van der Waals surface area contributed by atoms with Crippen molar-refractivity contribution in [2.45, 2.75) is 19.6 Å². The molecule has 2 aromatic rings. The van der Waals surface area contributed by atoms with E-state index in [1.165, 1.54) is 9.08 Å². The van der Waals surface area contributed by atoms with Gasteiger partial charge in [0, 0.05) is 12.4 Å². The molecule has 1 unspecified atom stereocenters. The number of aliphatic hydroxyl groups excluding tert-OH is 1.